The van der Waals surface area contributed by atoms with Gasteiger partial charge in [0.2, 0.25) is 0 Å². The number of hydrogen-bond donors (Lipinski definition) is 2. The van der Waals surface area contributed by atoms with E-state index in [0.29, 0.717) is 17.8 Å². The van der Waals surface area contributed by atoms with Crippen molar-refractivity contribution >= 4 is 33.8 Å². The molecule has 1 aromatic carbocycles. The Morgan fingerprint density at radius 1 is 1.11 bits per heavy atom. The summed E-state index contributed by atoms with van der Waals surface area (Å²) in [7, 11) is 0. The first-order chi connectivity index (χ1) is 13.3. The van der Waals surface area contributed by atoms with Gasteiger partial charge in [-0.1, -0.05) is 0 Å². The minimum Gasteiger partial charge on any atom is -0.452 e. The number of urea groups is 1. The predicted molar refractivity (Wildman–Crippen MR) is 102 cm³/mol. The number of carbonyl (C=O) groups is 3. The van der Waals surface area contributed by atoms with E-state index in [2.05, 4.69) is 26.6 Å². The highest BCUT2D eigenvalue weighted by molar-refractivity contribution is 9.10. The lowest BCUT2D eigenvalue weighted by molar-refractivity contribution is -0.123. The van der Waals surface area contributed by atoms with Crippen molar-refractivity contribution in [2.75, 3.05) is 6.61 Å². The van der Waals surface area contributed by atoms with Crippen molar-refractivity contribution in [3.8, 4) is 0 Å². The Morgan fingerprint density at radius 3 is 2.29 bits per heavy atom. The van der Waals surface area contributed by atoms with Gasteiger partial charge in [-0.15, -0.1) is 0 Å². The molecule has 28 heavy (non-hydrogen) atoms. The molecule has 2 N–H and O–H groups in total. The van der Waals surface area contributed by atoms with Gasteiger partial charge >= 0.3 is 12.0 Å². The van der Waals surface area contributed by atoms with E-state index >= 15 is 0 Å². The number of benzene rings is 1. The van der Waals surface area contributed by atoms with Gasteiger partial charge < -0.3 is 10.1 Å². The highest BCUT2D eigenvalue weighted by atomic mass is 79.9. The Labute approximate surface area is 170 Å². The normalized spacial score (nSPS) is 30.0. The van der Waals surface area contributed by atoms with Crippen LogP contribution >= 0.6 is 15.9 Å². The number of imide groups is 1. The molecule has 0 radical (unpaired) electrons. The molecule has 0 saturated heterocycles. The van der Waals surface area contributed by atoms with Crippen molar-refractivity contribution in [3.63, 3.8) is 0 Å². The standard InChI is InChI=1S/C20H22BrFN2O4/c21-16-6-14(22)1-2-15(16)18(26)28-10-17(25)23-19(27)24-20-7-11-3-12(8-20)5-13(4-11)9-20/h1-2,6,11-13H,3-5,7-10H2,(H2,23,24,25,27). The molecule has 4 aliphatic carbocycles. The molecule has 8 heteroatoms. The Morgan fingerprint density at radius 2 is 1.71 bits per heavy atom. The monoisotopic (exact) mass is 452 g/mol. The van der Waals surface area contributed by atoms with Gasteiger partial charge in [0.1, 0.15) is 5.82 Å². The molecule has 0 heterocycles. The number of amides is 3. The molecule has 6 nitrogen and oxygen atoms in total. The van der Waals surface area contributed by atoms with Crippen molar-refractivity contribution in [2.45, 2.75) is 44.1 Å². The van der Waals surface area contributed by atoms with Gasteiger partial charge in [0.15, 0.2) is 6.61 Å². The number of hydrogen-bond acceptors (Lipinski definition) is 4. The minimum absolute atomic E-state index is 0.104. The molecule has 1 aromatic rings. The van der Waals surface area contributed by atoms with Crippen molar-refractivity contribution in [1.29, 1.82) is 0 Å². The van der Waals surface area contributed by atoms with E-state index in [4.69, 9.17) is 4.74 Å². The number of ether oxygens (including phenoxy) is 1. The second-order valence-electron chi connectivity index (χ2n) is 8.40. The summed E-state index contributed by atoms with van der Waals surface area (Å²) in [5, 5.41) is 5.28. The van der Waals surface area contributed by atoms with Crippen LogP contribution in [0.4, 0.5) is 9.18 Å². The Hall–Kier alpha value is -1.96. The second-order valence-corrected chi connectivity index (χ2v) is 9.25. The molecule has 5 rings (SSSR count). The Kier molecular flexibility index (Phi) is 5.16. The van der Waals surface area contributed by atoms with E-state index in [-0.39, 0.29) is 15.6 Å². The molecule has 0 aromatic heterocycles. The molecular formula is C20H22BrFN2O4. The fourth-order valence-corrected chi connectivity index (χ4v) is 6.08. The van der Waals surface area contributed by atoms with Crippen LogP contribution in [0.3, 0.4) is 0 Å². The molecule has 0 aliphatic heterocycles. The lowest BCUT2D eigenvalue weighted by Crippen LogP contribution is -2.62. The van der Waals surface area contributed by atoms with Crippen molar-refractivity contribution in [2.24, 2.45) is 17.8 Å². The van der Waals surface area contributed by atoms with Crippen LogP contribution in [0.15, 0.2) is 22.7 Å². The van der Waals surface area contributed by atoms with Crippen molar-refractivity contribution < 1.29 is 23.5 Å². The number of carbonyl (C=O) groups excluding carboxylic acids is 3. The first-order valence-corrected chi connectivity index (χ1v) is 10.4. The molecule has 4 fully saturated rings. The zero-order chi connectivity index (χ0) is 19.9. The highest BCUT2D eigenvalue weighted by Crippen LogP contribution is 2.55. The molecule has 150 valence electrons. The number of esters is 1. The van der Waals surface area contributed by atoms with Crippen LogP contribution in [0.2, 0.25) is 0 Å². The molecule has 0 unspecified atom stereocenters. The first-order valence-electron chi connectivity index (χ1n) is 9.56. The smallest absolute Gasteiger partial charge is 0.339 e. The van der Waals surface area contributed by atoms with Gasteiger partial charge in [-0.25, -0.2) is 14.0 Å². The number of rotatable bonds is 4. The average Bonchev–Trinajstić information content (AvgIpc) is 2.57. The second kappa shape index (κ2) is 7.46. The summed E-state index contributed by atoms with van der Waals surface area (Å²) in [4.78, 5) is 36.3. The van der Waals surface area contributed by atoms with E-state index in [0.717, 1.165) is 31.4 Å². The third kappa shape index (κ3) is 4.06. The minimum atomic E-state index is -0.775. The van der Waals surface area contributed by atoms with E-state index in [1.165, 1.54) is 25.3 Å². The van der Waals surface area contributed by atoms with Crippen molar-refractivity contribution in [3.05, 3.63) is 34.1 Å². The number of halogens is 2. The summed E-state index contributed by atoms with van der Waals surface area (Å²) in [6.07, 6.45) is 6.72. The summed E-state index contributed by atoms with van der Waals surface area (Å²) in [6.45, 7) is -0.586. The molecule has 4 bridgehead atoms. The first kappa shape index (κ1) is 19.4. The lowest BCUT2D eigenvalue weighted by Gasteiger charge is -2.56. The van der Waals surface area contributed by atoms with Gasteiger partial charge in [0.25, 0.3) is 5.91 Å². The summed E-state index contributed by atoms with van der Waals surface area (Å²) in [5.74, 6) is 0.0620. The van der Waals surface area contributed by atoms with E-state index in [1.807, 2.05) is 0 Å². The van der Waals surface area contributed by atoms with E-state index in [1.54, 1.807) is 0 Å². The molecule has 0 spiro atoms. The van der Waals surface area contributed by atoms with Gasteiger partial charge in [0.05, 0.1) is 5.56 Å². The van der Waals surface area contributed by atoms with Crippen LogP contribution in [-0.4, -0.2) is 30.1 Å². The van der Waals surface area contributed by atoms with Gasteiger partial charge in [-0.2, -0.15) is 0 Å². The molecule has 4 saturated carbocycles. The van der Waals surface area contributed by atoms with Crippen LogP contribution in [0.1, 0.15) is 48.9 Å². The lowest BCUT2D eigenvalue weighted by atomic mass is 9.53. The third-order valence-electron chi connectivity index (χ3n) is 6.16. The molecule has 3 amide bonds. The van der Waals surface area contributed by atoms with Crippen LogP contribution in [0.25, 0.3) is 0 Å². The maximum absolute atomic E-state index is 13.1. The Balaban J connectivity index is 1.27. The van der Waals surface area contributed by atoms with Crippen LogP contribution < -0.4 is 10.6 Å². The van der Waals surface area contributed by atoms with E-state index in [9.17, 15) is 18.8 Å². The largest absolute Gasteiger partial charge is 0.452 e. The quantitative estimate of drug-likeness (QED) is 0.684. The van der Waals surface area contributed by atoms with Gasteiger partial charge in [-0.3, -0.25) is 10.1 Å². The summed E-state index contributed by atoms with van der Waals surface area (Å²) in [5.41, 5.74) is -0.0957. The van der Waals surface area contributed by atoms with Crippen LogP contribution in [0, 0.1) is 23.6 Å². The van der Waals surface area contributed by atoms with Gasteiger partial charge in [-0.05, 0) is 90.4 Å². The SMILES string of the molecule is O=C(COC(=O)c1ccc(F)cc1Br)NC(=O)NC12CC3CC(CC(C3)C1)C2. The van der Waals surface area contributed by atoms with Crippen LogP contribution in [0.5, 0.6) is 0 Å². The van der Waals surface area contributed by atoms with E-state index < -0.39 is 30.3 Å². The summed E-state index contributed by atoms with van der Waals surface area (Å²) in [6, 6.07) is 2.99. The molecular weight excluding hydrogens is 431 g/mol. The van der Waals surface area contributed by atoms with Crippen LogP contribution in [-0.2, 0) is 9.53 Å². The Bertz CT molecular complexity index is 793. The number of nitrogens with one attached hydrogen (secondary N) is 2. The fraction of sp³-hybridized carbons (Fsp3) is 0.550. The summed E-state index contributed by atoms with van der Waals surface area (Å²) < 4.78 is 18.2. The average molecular weight is 453 g/mol. The zero-order valence-corrected chi connectivity index (χ0v) is 16.9. The maximum atomic E-state index is 13.1. The predicted octanol–water partition coefficient (Wildman–Crippen LogP) is 3.54. The summed E-state index contributed by atoms with van der Waals surface area (Å²) >= 11 is 3.08. The van der Waals surface area contributed by atoms with Crippen molar-refractivity contribution in [1.82, 2.24) is 10.6 Å². The molecule has 0 atom stereocenters. The topological polar surface area (TPSA) is 84.5 Å². The highest BCUT2D eigenvalue weighted by Gasteiger charge is 2.51. The molecule has 4 aliphatic rings. The van der Waals surface area contributed by atoms with Gasteiger partial charge in [0, 0.05) is 10.0 Å². The third-order valence-corrected chi connectivity index (χ3v) is 6.81. The zero-order valence-electron chi connectivity index (χ0n) is 15.3. The maximum Gasteiger partial charge on any atom is 0.339 e. The fourth-order valence-electron chi connectivity index (χ4n) is 5.56.